The minimum atomic E-state index is -0.120. The Morgan fingerprint density at radius 3 is 2.60 bits per heavy atom. The molecule has 1 N–H and O–H groups in total. The third-order valence-electron chi connectivity index (χ3n) is 2.24. The van der Waals surface area contributed by atoms with Crippen molar-refractivity contribution in [3.8, 4) is 11.1 Å². The Balaban J connectivity index is 2.58. The van der Waals surface area contributed by atoms with E-state index in [0.717, 1.165) is 16.7 Å². The van der Waals surface area contributed by atoms with Crippen molar-refractivity contribution >= 4 is 11.6 Å². The summed E-state index contributed by atoms with van der Waals surface area (Å²) in [6, 6.07) is 11.4. The predicted octanol–water partition coefficient (Wildman–Crippen LogP) is 2.78. The predicted molar refractivity (Wildman–Crippen MR) is 62.1 cm³/mol. The topological polar surface area (TPSA) is 32.9 Å². The van der Waals surface area contributed by atoms with Gasteiger partial charge in [-0.15, -0.1) is 11.6 Å². The number of nitrogens with one attached hydrogen (secondary N) is 1. The summed E-state index contributed by atoms with van der Waals surface area (Å²) in [6.45, 7) is 0. The van der Waals surface area contributed by atoms with Crippen molar-refractivity contribution in [2.75, 3.05) is 0 Å². The van der Waals surface area contributed by atoms with Gasteiger partial charge in [-0.3, -0.25) is 4.79 Å². The highest BCUT2D eigenvalue weighted by molar-refractivity contribution is 6.17. The molecule has 2 nitrogen and oxygen atoms in total. The quantitative estimate of drug-likeness (QED) is 0.775. The van der Waals surface area contributed by atoms with Gasteiger partial charge in [0.15, 0.2) is 0 Å². The van der Waals surface area contributed by atoms with Gasteiger partial charge >= 0.3 is 0 Å². The van der Waals surface area contributed by atoms with E-state index in [1.807, 2.05) is 30.3 Å². The van der Waals surface area contributed by atoms with E-state index < -0.39 is 0 Å². The van der Waals surface area contributed by atoms with E-state index in [2.05, 4.69) is 4.98 Å². The van der Waals surface area contributed by atoms with Gasteiger partial charge in [-0.25, -0.2) is 0 Å². The van der Waals surface area contributed by atoms with Gasteiger partial charge in [-0.05, 0) is 11.1 Å². The summed E-state index contributed by atoms with van der Waals surface area (Å²) in [6.07, 6.45) is 1.70. The first kappa shape index (κ1) is 9.99. The lowest BCUT2D eigenvalue weighted by molar-refractivity contribution is 1.20. The number of aromatic amines is 1. The molecule has 0 radical (unpaired) electrons. The fourth-order valence-electron chi connectivity index (χ4n) is 1.51. The second kappa shape index (κ2) is 4.32. The maximum Gasteiger partial charge on any atom is 0.248 e. The van der Waals surface area contributed by atoms with Crippen LogP contribution in [0.3, 0.4) is 0 Å². The van der Waals surface area contributed by atoms with Crippen LogP contribution >= 0.6 is 11.6 Å². The minimum Gasteiger partial charge on any atom is -0.328 e. The van der Waals surface area contributed by atoms with Gasteiger partial charge < -0.3 is 4.98 Å². The van der Waals surface area contributed by atoms with Crippen molar-refractivity contribution in [2.45, 2.75) is 5.88 Å². The molecule has 0 unspecified atom stereocenters. The van der Waals surface area contributed by atoms with E-state index >= 15 is 0 Å². The van der Waals surface area contributed by atoms with Crippen LogP contribution in [0.25, 0.3) is 11.1 Å². The number of benzene rings is 1. The molecule has 0 bridgehead atoms. The molecular weight excluding hydrogens is 210 g/mol. The summed E-state index contributed by atoms with van der Waals surface area (Å²) in [4.78, 5) is 13.8. The molecule has 76 valence electrons. The molecule has 0 atom stereocenters. The lowest BCUT2D eigenvalue weighted by atomic mass is 10.0. The molecule has 1 heterocycles. The van der Waals surface area contributed by atoms with Crippen LogP contribution in [-0.2, 0) is 5.88 Å². The van der Waals surface area contributed by atoms with Crippen LogP contribution in [0.15, 0.2) is 47.4 Å². The summed E-state index contributed by atoms with van der Waals surface area (Å²) in [5, 5.41) is 0. The SMILES string of the molecule is O=c1cc(CCl)c(-c2ccccc2)c[nH]1. The Bertz CT molecular complexity index is 505. The maximum absolute atomic E-state index is 11.1. The van der Waals surface area contributed by atoms with Gasteiger partial charge in [-0.2, -0.15) is 0 Å². The van der Waals surface area contributed by atoms with E-state index in [9.17, 15) is 4.79 Å². The molecule has 15 heavy (non-hydrogen) atoms. The summed E-state index contributed by atoms with van der Waals surface area (Å²) < 4.78 is 0. The Labute approximate surface area is 92.5 Å². The molecule has 0 aliphatic heterocycles. The largest absolute Gasteiger partial charge is 0.328 e. The molecule has 0 fully saturated rings. The van der Waals surface area contributed by atoms with Gasteiger partial charge in [0, 0.05) is 23.7 Å². The Morgan fingerprint density at radius 2 is 1.93 bits per heavy atom. The van der Waals surface area contributed by atoms with Crippen LogP contribution in [0.2, 0.25) is 0 Å². The molecule has 0 saturated carbocycles. The van der Waals surface area contributed by atoms with Crippen LogP contribution in [0, 0.1) is 0 Å². The van der Waals surface area contributed by atoms with Gasteiger partial charge in [0.1, 0.15) is 0 Å². The molecule has 2 aromatic rings. The van der Waals surface area contributed by atoms with E-state index in [0.29, 0.717) is 5.88 Å². The van der Waals surface area contributed by atoms with Crippen molar-refractivity contribution in [1.82, 2.24) is 4.98 Å². The summed E-state index contributed by atoms with van der Waals surface area (Å²) in [5.74, 6) is 0.341. The van der Waals surface area contributed by atoms with Crippen LogP contribution in [0.5, 0.6) is 0 Å². The first-order valence-corrected chi connectivity index (χ1v) is 5.17. The van der Waals surface area contributed by atoms with Crippen molar-refractivity contribution < 1.29 is 0 Å². The highest BCUT2D eigenvalue weighted by Gasteiger charge is 2.04. The minimum absolute atomic E-state index is 0.120. The zero-order valence-corrected chi connectivity index (χ0v) is 8.79. The maximum atomic E-state index is 11.1. The highest BCUT2D eigenvalue weighted by atomic mass is 35.5. The Kier molecular flexibility index (Phi) is 2.88. The lowest BCUT2D eigenvalue weighted by Crippen LogP contribution is -2.05. The third kappa shape index (κ3) is 2.10. The molecule has 1 aromatic carbocycles. The molecule has 0 aliphatic carbocycles. The number of pyridine rings is 1. The summed E-state index contributed by atoms with van der Waals surface area (Å²) in [5.41, 5.74) is 2.77. The molecule has 0 aliphatic rings. The van der Waals surface area contributed by atoms with Crippen LogP contribution in [0.4, 0.5) is 0 Å². The van der Waals surface area contributed by atoms with Gasteiger partial charge in [0.25, 0.3) is 0 Å². The second-order valence-corrected chi connectivity index (χ2v) is 3.50. The fraction of sp³-hybridized carbons (Fsp3) is 0.0833. The van der Waals surface area contributed by atoms with E-state index in [-0.39, 0.29) is 5.56 Å². The normalized spacial score (nSPS) is 10.2. The fourth-order valence-corrected chi connectivity index (χ4v) is 1.73. The van der Waals surface area contributed by atoms with Gasteiger partial charge in [0.2, 0.25) is 5.56 Å². The third-order valence-corrected chi connectivity index (χ3v) is 2.53. The van der Waals surface area contributed by atoms with E-state index in [1.165, 1.54) is 6.07 Å². The number of aromatic nitrogens is 1. The average Bonchev–Trinajstić information content (AvgIpc) is 2.30. The zero-order chi connectivity index (χ0) is 10.7. The molecular formula is C12H10ClNO. The van der Waals surface area contributed by atoms with E-state index in [4.69, 9.17) is 11.6 Å². The number of hydrogen-bond donors (Lipinski definition) is 1. The first-order chi connectivity index (χ1) is 7.31. The first-order valence-electron chi connectivity index (χ1n) is 4.64. The number of H-pyrrole nitrogens is 1. The molecule has 1 aromatic heterocycles. The standard InChI is InChI=1S/C12H10ClNO/c13-7-10-6-12(15)14-8-11(10)9-4-2-1-3-5-9/h1-6,8H,7H2,(H,14,15). The molecule has 0 amide bonds. The monoisotopic (exact) mass is 219 g/mol. The number of halogens is 1. The van der Waals surface area contributed by atoms with Crippen molar-refractivity contribution in [3.63, 3.8) is 0 Å². The average molecular weight is 220 g/mol. The molecule has 3 heteroatoms. The van der Waals surface area contributed by atoms with Gasteiger partial charge in [0.05, 0.1) is 0 Å². The zero-order valence-electron chi connectivity index (χ0n) is 8.03. The Morgan fingerprint density at radius 1 is 1.20 bits per heavy atom. The smallest absolute Gasteiger partial charge is 0.248 e. The van der Waals surface area contributed by atoms with Crippen molar-refractivity contribution in [3.05, 3.63) is 58.5 Å². The number of hydrogen-bond acceptors (Lipinski definition) is 1. The molecule has 2 rings (SSSR count). The second-order valence-electron chi connectivity index (χ2n) is 3.24. The summed E-state index contributed by atoms with van der Waals surface area (Å²) in [7, 11) is 0. The summed E-state index contributed by atoms with van der Waals surface area (Å²) >= 11 is 5.80. The number of alkyl halides is 1. The van der Waals surface area contributed by atoms with Crippen LogP contribution in [0.1, 0.15) is 5.56 Å². The van der Waals surface area contributed by atoms with E-state index in [1.54, 1.807) is 6.20 Å². The van der Waals surface area contributed by atoms with Crippen LogP contribution < -0.4 is 5.56 Å². The molecule has 0 saturated heterocycles. The van der Waals surface area contributed by atoms with Crippen LogP contribution in [-0.4, -0.2) is 4.98 Å². The molecule has 0 spiro atoms. The van der Waals surface area contributed by atoms with Crippen molar-refractivity contribution in [1.29, 1.82) is 0 Å². The van der Waals surface area contributed by atoms with Crippen molar-refractivity contribution in [2.24, 2.45) is 0 Å². The highest BCUT2D eigenvalue weighted by Crippen LogP contribution is 2.22. The number of rotatable bonds is 2. The van der Waals surface area contributed by atoms with Gasteiger partial charge in [-0.1, -0.05) is 30.3 Å². The Hall–Kier alpha value is -1.54. The lowest BCUT2D eigenvalue weighted by Gasteiger charge is -2.05.